The van der Waals surface area contributed by atoms with Gasteiger partial charge < -0.3 is 11.1 Å². The molecule has 1 amide bonds. The van der Waals surface area contributed by atoms with Crippen molar-refractivity contribution in [3.05, 3.63) is 58.4 Å². The smallest absolute Gasteiger partial charge is 0.255 e. The van der Waals surface area contributed by atoms with Crippen molar-refractivity contribution in [2.75, 3.05) is 5.32 Å². The van der Waals surface area contributed by atoms with Crippen molar-refractivity contribution in [1.29, 1.82) is 0 Å². The van der Waals surface area contributed by atoms with Gasteiger partial charge in [-0.15, -0.1) is 0 Å². The van der Waals surface area contributed by atoms with Gasteiger partial charge in [0.2, 0.25) is 0 Å². The molecule has 0 spiro atoms. The first-order valence-electron chi connectivity index (χ1n) is 6.92. The molecule has 0 bridgehead atoms. The lowest BCUT2D eigenvalue weighted by Crippen LogP contribution is -2.28. The average molecular weight is 302 g/mol. The Hall–Kier alpha value is -1.91. The maximum Gasteiger partial charge on any atom is 0.255 e. The van der Waals surface area contributed by atoms with E-state index in [0.29, 0.717) is 16.4 Å². The molecule has 0 saturated carbocycles. The summed E-state index contributed by atoms with van der Waals surface area (Å²) in [6, 6.07) is 9.41. The normalized spacial score (nSPS) is 17.1. The third kappa shape index (κ3) is 3.23. The molecule has 1 aromatic carbocycles. The highest BCUT2D eigenvalue weighted by atomic mass is 35.5. The number of amides is 1. The second kappa shape index (κ2) is 5.84. The van der Waals surface area contributed by atoms with Crippen LogP contribution >= 0.6 is 11.6 Å². The van der Waals surface area contributed by atoms with E-state index in [4.69, 9.17) is 17.3 Å². The summed E-state index contributed by atoms with van der Waals surface area (Å²) in [5.41, 5.74) is 9.72. The zero-order valence-corrected chi connectivity index (χ0v) is 12.2. The zero-order chi connectivity index (χ0) is 14.8. The van der Waals surface area contributed by atoms with E-state index in [-0.39, 0.29) is 11.9 Å². The van der Waals surface area contributed by atoms with Crippen molar-refractivity contribution >= 4 is 23.2 Å². The van der Waals surface area contributed by atoms with Crippen LogP contribution < -0.4 is 11.1 Å². The van der Waals surface area contributed by atoms with Crippen LogP contribution in [0.2, 0.25) is 5.15 Å². The Morgan fingerprint density at radius 3 is 2.90 bits per heavy atom. The lowest BCUT2D eigenvalue weighted by atomic mass is 9.87. The Labute approximate surface area is 128 Å². The van der Waals surface area contributed by atoms with Gasteiger partial charge in [0, 0.05) is 11.6 Å². The second-order valence-electron chi connectivity index (χ2n) is 5.31. The average Bonchev–Trinajstić information content (AvgIpc) is 2.49. The van der Waals surface area contributed by atoms with E-state index in [1.165, 1.54) is 17.3 Å². The number of carbonyl (C=O) groups is 1. The number of anilines is 1. The SMILES string of the molecule is N[C@H]1CCc2cc(C(=O)Nc3ccc(Cl)nc3)ccc2C1. The van der Waals surface area contributed by atoms with Gasteiger partial charge in [0.15, 0.2) is 0 Å². The molecule has 3 rings (SSSR count). The number of hydrogen-bond donors (Lipinski definition) is 2. The third-order valence-corrected chi connectivity index (χ3v) is 3.94. The number of aryl methyl sites for hydroxylation is 1. The Morgan fingerprint density at radius 2 is 2.14 bits per heavy atom. The summed E-state index contributed by atoms with van der Waals surface area (Å²) in [7, 11) is 0. The van der Waals surface area contributed by atoms with Crippen LogP contribution in [0.15, 0.2) is 36.5 Å². The molecule has 0 aliphatic heterocycles. The summed E-state index contributed by atoms with van der Waals surface area (Å²) in [5.74, 6) is -0.142. The minimum atomic E-state index is -0.142. The molecule has 1 aliphatic carbocycles. The van der Waals surface area contributed by atoms with Gasteiger partial charge in [-0.1, -0.05) is 17.7 Å². The number of pyridine rings is 1. The highest BCUT2D eigenvalue weighted by Gasteiger charge is 2.17. The van der Waals surface area contributed by atoms with Crippen LogP contribution in [-0.4, -0.2) is 16.9 Å². The fourth-order valence-corrected chi connectivity index (χ4v) is 2.69. The van der Waals surface area contributed by atoms with Crippen LogP contribution in [0.4, 0.5) is 5.69 Å². The van der Waals surface area contributed by atoms with E-state index in [1.54, 1.807) is 12.1 Å². The molecule has 3 N–H and O–H groups in total. The first-order valence-corrected chi connectivity index (χ1v) is 7.30. The topological polar surface area (TPSA) is 68.0 Å². The molecular weight excluding hydrogens is 286 g/mol. The van der Waals surface area contributed by atoms with Gasteiger partial charge in [-0.2, -0.15) is 0 Å². The first kappa shape index (κ1) is 14.0. The third-order valence-electron chi connectivity index (χ3n) is 3.72. The fraction of sp³-hybridized carbons (Fsp3) is 0.250. The summed E-state index contributed by atoms with van der Waals surface area (Å²) in [4.78, 5) is 16.2. The van der Waals surface area contributed by atoms with Crippen molar-refractivity contribution in [2.24, 2.45) is 5.73 Å². The van der Waals surface area contributed by atoms with Gasteiger partial charge in [-0.25, -0.2) is 4.98 Å². The standard InChI is InChI=1S/C16H16ClN3O/c17-15-6-5-14(9-19-15)20-16(21)12-2-1-11-8-13(18)4-3-10(11)7-12/h1-2,5-7,9,13H,3-4,8,18H2,(H,20,21)/t13-/m0/s1. The lowest BCUT2D eigenvalue weighted by molar-refractivity contribution is 0.102. The number of benzene rings is 1. The predicted molar refractivity (Wildman–Crippen MR) is 83.6 cm³/mol. The van der Waals surface area contributed by atoms with Crippen molar-refractivity contribution in [2.45, 2.75) is 25.3 Å². The number of halogens is 1. The largest absolute Gasteiger partial charge is 0.327 e. The van der Waals surface area contributed by atoms with Gasteiger partial charge in [0.25, 0.3) is 5.91 Å². The summed E-state index contributed by atoms with van der Waals surface area (Å²) < 4.78 is 0. The Morgan fingerprint density at radius 1 is 1.29 bits per heavy atom. The van der Waals surface area contributed by atoms with E-state index in [0.717, 1.165) is 19.3 Å². The molecule has 5 heteroatoms. The molecule has 0 radical (unpaired) electrons. The molecule has 0 unspecified atom stereocenters. The molecular formula is C16H16ClN3O. The molecule has 21 heavy (non-hydrogen) atoms. The van der Waals surface area contributed by atoms with Crippen molar-refractivity contribution < 1.29 is 4.79 Å². The molecule has 108 valence electrons. The molecule has 1 aromatic heterocycles. The molecule has 1 aliphatic rings. The predicted octanol–water partition coefficient (Wildman–Crippen LogP) is 2.80. The van der Waals surface area contributed by atoms with Gasteiger partial charge in [0.05, 0.1) is 11.9 Å². The molecule has 1 atom stereocenters. The summed E-state index contributed by atoms with van der Waals surface area (Å²) in [5, 5.41) is 3.22. The van der Waals surface area contributed by atoms with Crippen molar-refractivity contribution in [3.63, 3.8) is 0 Å². The Bertz CT molecular complexity index is 670. The molecule has 2 aromatic rings. The van der Waals surface area contributed by atoms with Crippen LogP contribution in [0, 0.1) is 0 Å². The Balaban J connectivity index is 1.77. The first-order chi connectivity index (χ1) is 10.1. The number of carbonyl (C=O) groups excluding carboxylic acids is 1. The van der Waals surface area contributed by atoms with E-state index >= 15 is 0 Å². The quantitative estimate of drug-likeness (QED) is 0.838. The molecule has 4 nitrogen and oxygen atoms in total. The van der Waals surface area contributed by atoms with Gasteiger partial charge in [-0.3, -0.25) is 4.79 Å². The highest BCUT2D eigenvalue weighted by Crippen LogP contribution is 2.22. The van der Waals surface area contributed by atoms with Gasteiger partial charge in [0.1, 0.15) is 5.15 Å². The number of nitrogens with two attached hydrogens (primary N) is 1. The van der Waals surface area contributed by atoms with E-state index < -0.39 is 0 Å². The number of fused-ring (bicyclic) bond motifs is 1. The maximum atomic E-state index is 12.3. The lowest BCUT2D eigenvalue weighted by Gasteiger charge is -2.21. The molecule has 0 fully saturated rings. The van der Waals surface area contributed by atoms with Crippen LogP contribution in [0.3, 0.4) is 0 Å². The number of nitrogens with one attached hydrogen (secondary N) is 1. The van der Waals surface area contributed by atoms with Crippen molar-refractivity contribution in [1.82, 2.24) is 4.98 Å². The van der Waals surface area contributed by atoms with Crippen molar-refractivity contribution in [3.8, 4) is 0 Å². The molecule has 0 saturated heterocycles. The summed E-state index contributed by atoms with van der Waals surface area (Å²) in [6.45, 7) is 0. The minimum Gasteiger partial charge on any atom is -0.327 e. The van der Waals surface area contributed by atoms with Gasteiger partial charge >= 0.3 is 0 Å². The van der Waals surface area contributed by atoms with E-state index in [1.807, 2.05) is 18.2 Å². The molecule has 1 heterocycles. The van der Waals surface area contributed by atoms with Gasteiger partial charge in [-0.05, 0) is 54.7 Å². The second-order valence-corrected chi connectivity index (χ2v) is 5.70. The number of nitrogens with zero attached hydrogens (tertiary/aromatic N) is 1. The summed E-state index contributed by atoms with van der Waals surface area (Å²) in [6.07, 6.45) is 4.33. The maximum absolute atomic E-state index is 12.3. The number of aromatic nitrogens is 1. The minimum absolute atomic E-state index is 0.142. The highest BCUT2D eigenvalue weighted by molar-refractivity contribution is 6.29. The zero-order valence-electron chi connectivity index (χ0n) is 11.5. The van der Waals surface area contributed by atoms with Crippen LogP contribution in [0.1, 0.15) is 27.9 Å². The van der Waals surface area contributed by atoms with Crippen LogP contribution in [0.5, 0.6) is 0 Å². The monoisotopic (exact) mass is 301 g/mol. The summed E-state index contributed by atoms with van der Waals surface area (Å²) >= 11 is 5.72. The number of hydrogen-bond acceptors (Lipinski definition) is 3. The van der Waals surface area contributed by atoms with E-state index in [2.05, 4.69) is 10.3 Å². The number of rotatable bonds is 2. The van der Waals surface area contributed by atoms with Crippen LogP contribution in [-0.2, 0) is 12.8 Å². The Kier molecular flexibility index (Phi) is 3.90. The van der Waals surface area contributed by atoms with E-state index in [9.17, 15) is 4.79 Å². The van der Waals surface area contributed by atoms with Crippen LogP contribution in [0.25, 0.3) is 0 Å². The fourth-order valence-electron chi connectivity index (χ4n) is 2.58.